The molecular formula is C13H11NO3. The van der Waals surface area contributed by atoms with Gasteiger partial charge in [-0.25, -0.2) is 4.90 Å². The van der Waals surface area contributed by atoms with E-state index in [1.807, 2.05) is 30.3 Å². The molecule has 0 aliphatic carbocycles. The Labute approximate surface area is 98.5 Å². The number of imide groups is 3. The van der Waals surface area contributed by atoms with Crippen LogP contribution < -0.4 is 0 Å². The average molecular weight is 229 g/mol. The van der Waals surface area contributed by atoms with E-state index in [0.29, 0.717) is 4.90 Å². The average Bonchev–Trinajstić information content (AvgIpc) is 2.67. The van der Waals surface area contributed by atoms with Gasteiger partial charge in [0.1, 0.15) is 0 Å². The van der Waals surface area contributed by atoms with E-state index in [1.54, 1.807) is 6.08 Å². The Hall–Kier alpha value is -2.23. The van der Waals surface area contributed by atoms with E-state index in [2.05, 4.69) is 0 Å². The second-order valence-electron chi connectivity index (χ2n) is 3.71. The third-order valence-electron chi connectivity index (χ3n) is 2.49. The summed E-state index contributed by atoms with van der Waals surface area (Å²) in [7, 11) is 0. The van der Waals surface area contributed by atoms with Crippen LogP contribution in [0, 0.1) is 0 Å². The first-order valence-corrected chi connectivity index (χ1v) is 5.31. The fourth-order valence-corrected chi connectivity index (χ4v) is 1.63. The summed E-state index contributed by atoms with van der Waals surface area (Å²) in [4.78, 5) is 34.9. The number of hydrogen-bond acceptors (Lipinski definition) is 3. The number of likely N-dealkylation sites (tertiary alicyclic amines) is 1. The van der Waals surface area contributed by atoms with Gasteiger partial charge in [-0.1, -0.05) is 30.3 Å². The zero-order chi connectivity index (χ0) is 12.3. The molecule has 86 valence electrons. The standard InChI is InChI=1S/C13H11NO3/c15-11(14-12(16)8-9-13(14)17)7-6-10-4-2-1-3-5-10/h1-7H,8-9H2. The SMILES string of the molecule is O=C(C=Cc1ccccc1)N1C(=O)CCC1=O. The molecule has 0 atom stereocenters. The highest BCUT2D eigenvalue weighted by molar-refractivity contribution is 6.18. The van der Waals surface area contributed by atoms with Crippen LogP contribution in [0.2, 0.25) is 0 Å². The Balaban J connectivity index is 2.09. The molecular weight excluding hydrogens is 218 g/mol. The minimum Gasteiger partial charge on any atom is -0.274 e. The molecule has 4 heteroatoms. The zero-order valence-corrected chi connectivity index (χ0v) is 9.13. The molecule has 0 radical (unpaired) electrons. The van der Waals surface area contributed by atoms with Crippen molar-refractivity contribution in [2.75, 3.05) is 0 Å². The number of benzene rings is 1. The van der Waals surface area contributed by atoms with E-state index in [0.717, 1.165) is 5.56 Å². The number of carbonyl (C=O) groups excluding carboxylic acids is 3. The van der Waals surface area contributed by atoms with E-state index in [-0.39, 0.29) is 12.8 Å². The number of carbonyl (C=O) groups is 3. The lowest BCUT2D eigenvalue weighted by atomic mass is 10.2. The van der Waals surface area contributed by atoms with E-state index in [9.17, 15) is 14.4 Å². The van der Waals surface area contributed by atoms with Gasteiger partial charge in [0.2, 0.25) is 11.8 Å². The Bertz CT molecular complexity index is 475. The van der Waals surface area contributed by atoms with Gasteiger partial charge >= 0.3 is 0 Å². The molecule has 1 aliphatic heterocycles. The van der Waals surface area contributed by atoms with Crippen molar-refractivity contribution in [3.63, 3.8) is 0 Å². The largest absolute Gasteiger partial charge is 0.274 e. The summed E-state index contributed by atoms with van der Waals surface area (Å²) in [6.07, 6.45) is 3.09. The van der Waals surface area contributed by atoms with E-state index < -0.39 is 17.7 Å². The van der Waals surface area contributed by atoms with Gasteiger partial charge < -0.3 is 0 Å². The zero-order valence-electron chi connectivity index (χ0n) is 9.13. The molecule has 1 saturated heterocycles. The predicted molar refractivity (Wildman–Crippen MR) is 61.6 cm³/mol. The van der Waals surface area contributed by atoms with Gasteiger partial charge in [-0.15, -0.1) is 0 Å². The Morgan fingerprint density at radius 3 is 2.24 bits per heavy atom. The maximum Gasteiger partial charge on any atom is 0.260 e. The van der Waals surface area contributed by atoms with Gasteiger partial charge in [0, 0.05) is 18.9 Å². The van der Waals surface area contributed by atoms with E-state index in [1.165, 1.54) is 6.08 Å². The maximum absolute atomic E-state index is 11.6. The fraction of sp³-hybridized carbons (Fsp3) is 0.154. The van der Waals surface area contributed by atoms with Crippen molar-refractivity contribution in [3.8, 4) is 0 Å². The lowest BCUT2D eigenvalue weighted by molar-refractivity contribution is -0.146. The normalized spacial score (nSPS) is 15.9. The highest BCUT2D eigenvalue weighted by Crippen LogP contribution is 2.12. The summed E-state index contributed by atoms with van der Waals surface area (Å²) in [6, 6.07) is 9.22. The maximum atomic E-state index is 11.6. The van der Waals surface area contributed by atoms with Crippen molar-refractivity contribution in [3.05, 3.63) is 42.0 Å². The molecule has 1 aromatic carbocycles. The Morgan fingerprint density at radius 2 is 1.65 bits per heavy atom. The molecule has 1 fully saturated rings. The molecule has 17 heavy (non-hydrogen) atoms. The van der Waals surface area contributed by atoms with Crippen molar-refractivity contribution in [1.82, 2.24) is 4.90 Å². The minimum atomic E-state index is -0.568. The van der Waals surface area contributed by atoms with E-state index in [4.69, 9.17) is 0 Å². The second kappa shape index (κ2) is 4.74. The number of hydrogen-bond donors (Lipinski definition) is 0. The molecule has 0 spiro atoms. The van der Waals surface area contributed by atoms with Gasteiger partial charge in [0.05, 0.1) is 0 Å². The number of rotatable bonds is 2. The van der Waals surface area contributed by atoms with Crippen LogP contribution in [0.15, 0.2) is 36.4 Å². The van der Waals surface area contributed by atoms with E-state index >= 15 is 0 Å². The van der Waals surface area contributed by atoms with Crippen LogP contribution >= 0.6 is 0 Å². The summed E-state index contributed by atoms with van der Waals surface area (Å²) >= 11 is 0. The van der Waals surface area contributed by atoms with Gasteiger partial charge in [-0.3, -0.25) is 14.4 Å². The highest BCUT2D eigenvalue weighted by Gasteiger charge is 2.32. The van der Waals surface area contributed by atoms with Crippen molar-refractivity contribution in [1.29, 1.82) is 0 Å². The number of amides is 3. The molecule has 0 N–H and O–H groups in total. The summed E-state index contributed by atoms with van der Waals surface area (Å²) < 4.78 is 0. The lowest BCUT2D eigenvalue weighted by Gasteiger charge is -2.07. The van der Waals surface area contributed by atoms with Crippen molar-refractivity contribution in [2.24, 2.45) is 0 Å². The van der Waals surface area contributed by atoms with Gasteiger partial charge in [-0.2, -0.15) is 0 Å². The van der Waals surface area contributed by atoms with Crippen molar-refractivity contribution < 1.29 is 14.4 Å². The van der Waals surface area contributed by atoms with Gasteiger partial charge in [-0.05, 0) is 11.6 Å². The minimum absolute atomic E-state index is 0.129. The lowest BCUT2D eigenvalue weighted by Crippen LogP contribution is -2.34. The third-order valence-corrected chi connectivity index (χ3v) is 2.49. The first-order valence-electron chi connectivity index (χ1n) is 5.31. The second-order valence-corrected chi connectivity index (χ2v) is 3.71. The molecule has 1 aliphatic rings. The van der Waals surface area contributed by atoms with Crippen LogP contribution in [0.1, 0.15) is 18.4 Å². The molecule has 1 heterocycles. The van der Waals surface area contributed by atoms with Gasteiger partial charge in [0.15, 0.2) is 0 Å². The fourth-order valence-electron chi connectivity index (χ4n) is 1.63. The van der Waals surface area contributed by atoms with Crippen molar-refractivity contribution >= 4 is 23.8 Å². The number of nitrogens with zero attached hydrogens (tertiary/aromatic N) is 1. The van der Waals surface area contributed by atoms with Crippen LogP contribution in [-0.4, -0.2) is 22.6 Å². The highest BCUT2D eigenvalue weighted by atomic mass is 16.2. The quantitative estimate of drug-likeness (QED) is 0.568. The monoisotopic (exact) mass is 229 g/mol. The molecule has 0 aromatic heterocycles. The predicted octanol–water partition coefficient (Wildman–Crippen LogP) is 1.38. The van der Waals surface area contributed by atoms with Crippen LogP contribution in [0.4, 0.5) is 0 Å². The first kappa shape index (κ1) is 11.3. The summed E-state index contributed by atoms with van der Waals surface area (Å²) in [6.45, 7) is 0. The molecule has 3 amide bonds. The summed E-state index contributed by atoms with van der Waals surface area (Å²) in [5, 5.41) is 0. The molecule has 4 nitrogen and oxygen atoms in total. The first-order chi connectivity index (χ1) is 8.18. The topological polar surface area (TPSA) is 54.5 Å². The molecule has 1 aromatic rings. The van der Waals surface area contributed by atoms with Crippen LogP contribution in [0.3, 0.4) is 0 Å². The third kappa shape index (κ3) is 2.47. The Kier molecular flexibility index (Phi) is 3.14. The van der Waals surface area contributed by atoms with Crippen molar-refractivity contribution in [2.45, 2.75) is 12.8 Å². The Morgan fingerprint density at radius 1 is 1.06 bits per heavy atom. The summed E-state index contributed by atoms with van der Waals surface area (Å²) in [5.74, 6) is -1.41. The smallest absolute Gasteiger partial charge is 0.260 e. The van der Waals surface area contributed by atoms with Crippen LogP contribution in [0.25, 0.3) is 6.08 Å². The molecule has 0 saturated carbocycles. The summed E-state index contributed by atoms with van der Waals surface area (Å²) in [5.41, 5.74) is 0.847. The molecule has 2 rings (SSSR count). The molecule has 0 bridgehead atoms. The van der Waals surface area contributed by atoms with Crippen LogP contribution in [0.5, 0.6) is 0 Å². The van der Waals surface area contributed by atoms with Crippen LogP contribution in [-0.2, 0) is 14.4 Å². The molecule has 0 unspecified atom stereocenters. The van der Waals surface area contributed by atoms with Gasteiger partial charge in [0.25, 0.3) is 5.91 Å².